The SMILES string of the molecule is C=CCn1c(SCC(=O)Nc2sc3c(c2C(=O)OC)CCCCC3)nnc1-c1csc(C)c1C. The molecule has 4 rings (SSSR count). The first-order chi connectivity index (χ1) is 16.4. The molecule has 0 spiro atoms. The third-order valence-electron chi connectivity index (χ3n) is 5.95. The quantitative estimate of drug-likeness (QED) is 0.180. The normalized spacial score (nSPS) is 13.3. The van der Waals surface area contributed by atoms with Gasteiger partial charge in [0.1, 0.15) is 5.00 Å². The number of ether oxygens (including phenoxy) is 1. The van der Waals surface area contributed by atoms with Gasteiger partial charge in [0, 0.05) is 27.2 Å². The van der Waals surface area contributed by atoms with E-state index in [0.717, 1.165) is 49.1 Å². The number of fused-ring (bicyclic) bond motifs is 1. The fraction of sp³-hybridized carbons (Fsp3) is 0.417. The zero-order valence-electron chi connectivity index (χ0n) is 19.6. The maximum absolute atomic E-state index is 12.9. The van der Waals surface area contributed by atoms with E-state index in [1.54, 1.807) is 17.4 Å². The van der Waals surface area contributed by atoms with Crippen LogP contribution in [0.3, 0.4) is 0 Å². The summed E-state index contributed by atoms with van der Waals surface area (Å²) in [5.41, 5.74) is 3.79. The molecule has 10 heteroatoms. The molecule has 3 aromatic heterocycles. The number of anilines is 1. The van der Waals surface area contributed by atoms with Crippen LogP contribution in [0.25, 0.3) is 11.4 Å². The van der Waals surface area contributed by atoms with Crippen LogP contribution in [0.1, 0.15) is 50.5 Å². The average Bonchev–Trinajstić information content (AvgIpc) is 3.42. The summed E-state index contributed by atoms with van der Waals surface area (Å²) in [7, 11) is 1.38. The molecule has 180 valence electrons. The van der Waals surface area contributed by atoms with Crippen molar-refractivity contribution in [2.45, 2.75) is 57.7 Å². The van der Waals surface area contributed by atoms with Gasteiger partial charge in [0.05, 0.1) is 18.4 Å². The van der Waals surface area contributed by atoms with Crippen LogP contribution < -0.4 is 5.32 Å². The van der Waals surface area contributed by atoms with Crippen molar-refractivity contribution in [3.63, 3.8) is 0 Å². The van der Waals surface area contributed by atoms with Crippen LogP contribution in [0.4, 0.5) is 5.00 Å². The lowest BCUT2D eigenvalue weighted by Gasteiger charge is -2.09. The number of carbonyl (C=O) groups is 2. The molecule has 1 aliphatic carbocycles. The molecule has 0 radical (unpaired) electrons. The number of nitrogens with one attached hydrogen (secondary N) is 1. The van der Waals surface area contributed by atoms with Crippen LogP contribution in [-0.4, -0.2) is 39.5 Å². The Labute approximate surface area is 211 Å². The number of hydrogen-bond donors (Lipinski definition) is 1. The minimum atomic E-state index is -0.390. The molecule has 0 saturated heterocycles. The van der Waals surface area contributed by atoms with E-state index in [1.165, 1.54) is 45.5 Å². The average molecular weight is 517 g/mol. The topological polar surface area (TPSA) is 86.1 Å². The van der Waals surface area contributed by atoms with Gasteiger partial charge in [-0.1, -0.05) is 24.3 Å². The number of allylic oxidation sites excluding steroid dienone is 1. The fourth-order valence-corrected chi connectivity index (χ4v) is 6.97. The van der Waals surface area contributed by atoms with Crippen LogP contribution in [-0.2, 0) is 28.9 Å². The van der Waals surface area contributed by atoms with E-state index in [-0.39, 0.29) is 17.6 Å². The molecule has 34 heavy (non-hydrogen) atoms. The summed E-state index contributed by atoms with van der Waals surface area (Å²) in [6.07, 6.45) is 6.87. The third kappa shape index (κ3) is 4.99. The van der Waals surface area contributed by atoms with Crippen LogP contribution >= 0.6 is 34.4 Å². The smallest absolute Gasteiger partial charge is 0.341 e. The lowest BCUT2D eigenvalue weighted by molar-refractivity contribution is -0.113. The second-order valence-corrected chi connectivity index (χ2v) is 11.3. The lowest BCUT2D eigenvalue weighted by atomic mass is 10.1. The maximum atomic E-state index is 12.9. The van der Waals surface area contributed by atoms with Crippen LogP contribution in [0.2, 0.25) is 0 Å². The van der Waals surface area contributed by atoms with E-state index in [0.29, 0.717) is 22.3 Å². The molecular weight excluding hydrogens is 488 g/mol. The number of nitrogens with zero attached hydrogens (tertiary/aromatic N) is 3. The Morgan fingerprint density at radius 2 is 2.06 bits per heavy atom. The van der Waals surface area contributed by atoms with E-state index in [1.807, 2.05) is 4.57 Å². The lowest BCUT2D eigenvalue weighted by Crippen LogP contribution is -2.16. The van der Waals surface area contributed by atoms with Gasteiger partial charge in [-0.25, -0.2) is 4.79 Å². The third-order valence-corrected chi connectivity index (χ3v) is 9.14. The molecule has 1 aliphatic rings. The molecule has 1 amide bonds. The van der Waals surface area contributed by atoms with Crippen molar-refractivity contribution >= 4 is 51.3 Å². The number of aromatic nitrogens is 3. The minimum absolute atomic E-state index is 0.153. The van der Waals surface area contributed by atoms with Gasteiger partial charge >= 0.3 is 5.97 Å². The van der Waals surface area contributed by atoms with Crippen molar-refractivity contribution in [1.29, 1.82) is 0 Å². The highest BCUT2D eigenvalue weighted by Gasteiger charge is 2.26. The number of aryl methyl sites for hydroxylation is 2. The molecular formula is C24H28N4O3S3. The van der Waals surface area contributed by atoms with Gasteiger partial charge in [-0.15, -0.1) is 39.4 Å². The van der Waals surface area contributed by atoms with E-state index in [9.17, 15) is 9.59 Å². The summed E-state index contributed by atoms with van der Waals surface area (Å²) in [5.74, 6) is 0.350. The van der Waals surface area contributed by atoms with Gasteiger partial charge in [0.25, 0.3) is 0 Å². The van der Waals surface area contributed by atoms with Crippen LogP contribution in [0.15, 0.2) is 23.2 Å². The largest absolute Gasteiger partial charge is 0.465 e. The Kier molecular flexibility index (Phi) is 7.90. The first-order valence-corrected chi connectivity index (χ1v) is 13.9. The first-order valence-electron chi connectivity index (χ1n) is 11.2. The fourth-order valence-electron chi connectivity index (χ4n) is 4.06. The van der Waals surface area contributed by atoms with Crippen LogP contribution in [0.5, 0.6) is 0 Å². The molecule has 3 heterocycles. The van der Waals surface area contributed by atoms with E-state index in [4.69, 9.17) is 4.74 Å². The highest BCUT2D eigenvalue weighted by molar-refractivity contribution is 7.99. The molecule has 3 aromatic rings. The van der Waals surface area contributed by atoms with Gasteiger partial charge in [-0.2, -0.15) is 0 Å². The summed E-state index contributed by atoms with van der Waals surface area (Å²) in [6.45, 7) is 8.57. The zero-order valence-corrected chi connectivity index (χ0v) is 22.1. The van der Waals surface area contributed by atoms with Crippen molar-refractivity contribution in [1.82, 2.24) is 14.8 Å². The van der Waals surface area contributed by atoms with Crippen molar-refractivity contribution in [3.8, 4) is 11.4 Å². The summed E-state index contributed by atoms with van der Waals surface area (Å²) in [5, 5.41) is 15.0. The molecule has 0 aromatic carbocycles. The van der Waals surface area contributed by atoms with E-state index in [2.05, 4.69) is 41.3 Å². The monoisotopic (exact) mass is 516 g/mol. The Morgan fingerprint density at radius 1 is 1.26 bits per heavy atom. The number of esters is 1. The second kappa shape index (κ2) is 10.9. The van der Waals surface area contributed by atoms with Crippen molar-refractivity contribution in [2.75, 3.05) is 18.2 Å². The molecule has 7 nitrogen and oxygen atoms in total. The van der Waals surface area contributed by atoms with Gasteiger partial charge in [-0.3, -0.25) is 9.36 Å². The van der Waals surface area contributed by atoms with Crippen molar-refractivity contribution < 1.29 is 14.3 Å². The molecule has 1 N–H and O–H groups in total. The molecule has 0 aliphatic heterocycles. The Bertz CT molecular complexity index is 1220. The molecule has 0 bridgehead atoms. The maximum Gasteiger partial charge on any atom is 0.341 e. The predicted octanol–water partition coefficient (Wildman–Crippen LogP) is 5.66. The van der Waals surface area contributed by atoms with E-state index >= 15 is 0 Å². The summed E-state index contributed by atoms with van der Waals surface area (Å²) in [6, 6.07) is 0. The van der Waals surface area contributed by atoms with Gasteiger partial charge in [0.2, 0.25) is 5.91 Å². The Morgan fingerprint density at radius 3 is 2.76 bits per heavy atom. The van der Waals surface area contributed by atoms with E-state index < -0.39 is 0 Å². The zero-order chi connectivity index (χ0) is 24.2. The number of hydrogen-bond acceptors (Lipinski definition) is 8. The number of thioether (sulfide) groups is 1. The predicted molar refractivity (Wildman–Crippen MR) is 139 cm³/mol. The Hall–Kier alpha value is -2.43. The number of methoxy groups -OCH3 is 1. The number of thiophene rings is 2. The molecule has 0 unspecified atom stereocenters. The number of rotatable bonds is 8. The standard InChI is InChI=1S/C24H28N4O3S3/c1-5-11-28-21(17-12-32-15(3)14(17)2)26-27-24(28)33-13-19(29)25-22-20(23(30)31-4)16-9-7-6-8-10-18(16)34-22/h5,12H,1,6-11,13H2,2-4H3,(H,25,29). The minimum Gasteiger partial charge on any atom is -0.465 e. The molecule has 0 saturated carbocycles. The van der Waals surface area contributed by atoms with Gasteiger partial charge < -0.3 is 10.1 Å². The first kappa shape index (κ1) is 24.7. The molecule has 0 fully saturated rings. The van der Waals surface area contributed by atoms with Crippen molar-refractivity contribution in [2.24, 2.45) is 0 Å². The summed E-state index contributed by atoms with van der Waals surface area (Å²) in [4.78, 5) is 27.8. The summed E-state index contributed by atoms with van der Waals surface area (Å²) < 4.78 is 7.01. The van der Waals surface area contributed by atoms with Gasteiger partial charge in [0.15, 0.2) is 11.0 Å². The van der Waals surface area contributed by atoms with Crippen LogP contribution in [0, 0.1) is 13.8 Å². The highest BCUT2D eigenvalue weighted by Crippen LogP contribution is 2.38. The molecule has 0 atom stereocenters. The Balaban J connectivity index is 1.51. The van der Waals surface area contributed by atoms with Crippen molar-refractivity contribution in [3.05, 3.63) is 44.5 Å². The van der Waals surface area contributed by atoms with Gasteiger partial charge in [-0.05, 0) is 50.7 Å². The second-order valence-electron chi connectivity index (χ2n) is 8.13. The summed E-state index contributed by atoms with van der Waals surface area (Å²) >= 11 is 4.51. The number of amides is 1. The highest BCUT2D eigenvalue weighted by atomic mass is 32.2. The number of carbonyl (C=O) groups excluding carboxylic acids is 2.